The first-order valence-corrected chi connectivity index (χ1v) is 10.1. The predicted octanol–water partition coefficient (Wildman–Crippen LogP) is 4.96. The van der Waals surface area contributed by atoms with Crippen molar-refractivity contribution in [3.63, 3.8) is 0 Å². The summed E-state index contributed by atoms with van der Waals surface area (Å²) in [5, 5.41) is 12.7. The minimum absolute atomic E-state index is 0.0357. The van der Waals surface area contributed by atoms with Crippen molar-refractivity contribution < 1.29 is 14.3 Å². The molecule has 0 unspecified atom stereocenters. The molecule has 28 heavy (non-hydrogen) atoms. The maximum Gasteiger partial charge on any atom is 0.314 e. The fourth-order valence-electron chi connectivity index (χ4n) is 3.19. The average molecular weight is 439 g/mol. The summed E-state index contributed by atoms with van der Waals surface area (Å²) in [6.07, 6.45) is 3.30. The summed E-state index contributed by atoms with van der Waals surface area (Å²) in [5.41, 5.74) is 2.98. The third-order valence-electron chi connectivity index (χ3n) is 5.13. The third-order valence-corrected chi connectivity index (χ3v) is 5.89. The number of hydrogen-bond acceptors (Lipinski definition) is 4. The largest absolute Gasteiger partial charge is 0.423 e. The normalized spacial score (nSPS) is 15.6. The molecule has 4 rings (SSSR count). The zero-order valence-electron chi connectivity index (χ0n) is 15.4. The number of halogens is 1. The Morgan fingerprint density at radius 3 is 2.36 bits per heavy atom. The van der Waals surface area contributed by atoms with Crippen molar-refractivity contribution in [1.29, 1.82) is 5.26 Å². The number of esters is 1. The molecule has 0 radical (unpaired) electrons. The van der Waals surface area contributed by atoms with Gasteiger partial charge in [-0.3, -0.25) is 9.59 Å². The Morgan fingerprint density at radius 2 is 1.79 bits per heavy atom. The molecule has 2 saturated carbocycles. The maximum absolute atomic E-state index is 12.4. The Kier molecular flexibility index (Phi) is 4.94. The molecule has 0 aromatic heterocycles. The summed E-state index contributed by atoms with van der Waals surface area (Å²) in [6, 6.07) is 11.8. The van der Waals surface area contributed by atoms with Gasteiger partial charge >= 0.3 is 5.97 Å². The Labute approximate surface area is 171 Å². The Morgan fingerprint density at radius 1 is 1.14 bits per heavy atom. The van der Waals surface area contributed by atoms with Gasteiger partial charge in [0.2, 0.25) is 5.91 Å². The van der Waals surface area contributed by atoms with E-state index in [4.69, 9.17) is 4.74 Å². The molecule has 142 valence electrons. The second-order valence-corrected chi connectivity index (χ2v) is 8.12. The van der Waals surface area contributed by atoms with Crippen molar-refractivity contribution >= 4 is 33.5 Å². The lowest BCUT2D eigenvalue weighted by Crippen LogP contribution is -2.18. The fraction of sp³-hybridized carbons (Fsp3) is 0.318. The third kappa shape index (κ3) is 3.55. The van der Waals surface area contributed by atoms with E-state index in [1.165, 1.54) is 0 Å². The summed E-state index contributed by atoms with van der Waals surface area (Å²) in [6.45, 7) is 1.84. The van der Waals surface area contributed by atoms with Gasteiger partial charge in [0.05, 0.1) is 16.0 Å². The molecular formula is C22H19BrN2O3. The molecule has 5 nitrogen and oxygen atoms in total. The minimum Gasteiger partial charge on any atom is -0.423 e. The number of rotatable bonds is 5. The number of anilines is 1. The van der Waals surface area contributed by atoms with Gasteiger partial charge in [-0.25, -0.2) is 0 Å². The molecule has 1 amide bonds. The Hall–Kier alpha value is -2.65. The second-order valence-electron chi connectivity index (χ2n) is 7.33. The molecule has 2 aromatic rings. The van der Waals surface area contributed by atoms with Crippen LogP contribution in [-0.2, 0) is 9.59 Å². The topological polar surface area (TPSA) is 79.2 Å². The molecule has 0 heterocycles. The highest BCUT2D eigenvalue weighted by atomic mass is 79.9. The van der Waals surface area contributed by atoms with Crippen LogP contribution in [0.25, 0.3) is 11.1 Å². The number of carbonyl (C=O) groups is 2. The van der Waals surface area contributed by atoms with Crippen LogP contribution in [0.5, 0.6) is 5.75 Å². The molecule has 1 N–H and O–H groups in total. The molecule has 0 atom stereocenters. The van der Waals surface area contributed by atoms with Crippen LogP contribution in [0.1, 0.15) is 36.8 Å². The summed E-state index contributed by atoms with van der Waals surface area (Å²) < 4.78 is 6.27. The monoisotopic (exact) mass is 438 g/mol. The molecule has 0 saturated heterocycles. The van der Waals surface area contributed by atoms with Crippen LogP contribution in [0, 0.1) is 30.1 Å². The standard InChI is InChI=1S/C22H19BrN2O3/c1-12-16(11-24)19(25-21(26)14-7-8-14)20(28-22(27)15-9-10-15)18(23)17(12)13-5-3-2-4-6-13/h2-6,14-15H,7-10H2,1H3,(H,25,26). The van der Waals surface area contributed by atoms with Crippen molar-refractivity contribution in [3.05, 3.63) is 45.9 Å². The highest BCUT2D eigenvalue weighted by Gasteiger charge is 2.35. The van der Waals surface area contributed by atoms with Gasteiger partial charge in [-0.2, -0.15) is 5.26 Å². The van der Waals surface area contributed by atoms with Gasteiger partial charge < -0.3 is 10.1 Å². The molecule has 0 spiro atoms. The van der Waals surface area contributed by atoms with E-state index < -0.39 is 0 Å². The van der Waals surface area contributed by atoms with Gasteiger partial charge in [-0.1, -0.05) is 30.3 Å². The van der Waals surface area contributed by atoms with E-state index in [0.29, 0.717) is 10.0 Å². The molecule has 6 heteroatoms. The van der Waals surface area contributed by atoms with Crippen molar-refractivity contribution in [2.45, 2.75) is 32.6 Å². The summed E-state index contributed by atoms with van der Waals surface area (Å²) in [5.74, 6) is -0.391. The molecule has 2 aliphatic rings. The molecule has 2 aliphatic carbocycles. The molecule has 2 aromatic carbocycles. The van der Waals surface area contributed by atoms with E-state index in [1.807, 2.05) is 37.3 Å². The van der Waals surface area contributed by atoms with E-state index in [2.05, 4.69) is 27.3 Å². The van der Waals surface area contributed by atoms with Crippen molar-refractivity contribution in [1.82, 2.24) is 0 Å². The molecule has 0 bridgehead atoms. The number of amides is 1. The maximum atomic E-state index is 12.4. The molecule has 2 fully saturated rings. The number of nitriles is 1. The lowest BCUT2D eigenvalue weighted by atomic mass is 9.94. The highest BCUT2D eigenvalue weighted by Crippen LogP contribution is 2.47. The Balaban J connectivity index is 1.88. The van der Waals surface area contributed by atoms with Crippen molar-refractivity contribution in [3.8, 4) is 22.9 Å². The fourth-order valence-corrected chi connectivity index (χ4v) is 4.00. The first kappa shape index (κ1) is 18.7. The molecule has 0 aliphatic heterocycles. The van der Waals surface area contributed by atoms with Crippen LogP contribution >= 0.6 is 15.9 Å². The highest BCUT2D eigenvalue weighted by molar-refractivity contribution is 9.10. The van der Waals surface area contributed by atoms with Crippen LogP contribution in [0.4, 0.5) is 5.69 Å². The Bertz CT molecular complexity index is 1000. The zero-order valence-corrected chi connectivity index (χ0v) is 17.0. The first-order chi connectivity index (χ1) is 13.5. The van der Waals surface area contributed by atoms with Crippen molar-refractivity contribution in [2.24, 2.45) is 11.8 Å². The van der Waals surface area contributed by atoms with Crippen molar-refractivity contribution in [2.75, 3.05) is 5.32 Å². The van der Waals surface area contributed by atoms with Crippen LogP contribution in [-0.4, -0.2) is 11.9 Å². The lowest BCUT2D eigenvalue weighted by Gasteiger charge is -2.20. The van der Waals surface area contributed by atoms with Gasteiger partial charge in [0.25, 0.3) is 0 Å². The number of benzene rings is 2. The van der Waals surface area contributed by atoms with Gasteiger partial charge in [-0.05, 0) is 59.7 Å². The number of nitrogens with one attached hydrogen (secondary N) is 1. The van der Waals surface area contributed by atoms with E-state index >= 15 is 0 Å². The number of hydrogen-bond donors (Lipinski definition) is 1. The van der Waals surface area contributed by atoms with Gasteiger partial charge in [0, 0.05) is 11.5 Å². The van der Waals surface area contributed by atoms with Crippen LogP contribution in [0.3, 0.4) is 0 Å². The summed E-state index contributed by atoms with van der Waals surface area (Å²) in [4.78, 5) is 24.8. The van der Waals surface area contributed by atoms with Crippen LogP contribution < -0.4 is 10.1 Å². The lowest BCUT2D eigenvalue weighted by molar-refractivity contribution is -0.135. The number of nitrogens with zero attached hydrogens (tertiary/aromatic N) is 1. The van der Waals surface area contributed by atoms with Crippen LogP contribution in [0.15, 0.2) is 34.8 Å². The smallest absolute Gasteiger partial charge is 0.314 e. The van der Waals surface area contributed by atoms with E-state index in [0.717, 1.165) is 42.4 Å². The van der Waals surface area contributed by atoms with E-state index in [1.54, 1.807) is 0 Å². The predicted molar refractivity (Wildman–Crippen MR) is 109 cm³/mol. The molecular weight excluding hydrogens is 420 g/mol. The number of ether oxygens (including phenoxy) is 1. The van der Waals surface area contributed by atoms with E-state index in [9.17, 15) is 14.9 Å². The van der Waals surface area contributed by atoms with Gasteiger partial charge in [0.15, 0.2) is 5.75 Å². The van der Waals surface area contributed by atoms with E-state index in [-0.39, 0.29) is 35.1 Å². The quantitative estimate of drug-likeness (QED) is 0.528. The minimum atomic E-state index is -0.325. The van der Waals surface area contributed by atoms with Crippen LogP contribution in [0.2, 0.25) is 0 Å². The summed E-state index contributed by atoms with van der Waals surface area (Å²) >= 11 is 3.59. The SMILES string of the molecule is Cc1c(C#N)c(NC(=O)C2CC2)c(OC(=O)C2CC2)c(Br)c1-c1ccccc1. The average Bonchev–Trinajstić information content (AvgIpc) is 3.58. The first-order valence-electron chi connectivity index (χ1n) is 9.35. The summed E-state index contributed by atoms with van der Waals surface area (Å²) in [7, 11) is 0. The second kappa shape index (κ2) is 7.40. The van der Waals surface area contributed by atoms with Gasteiger partial charge in [0.1, 0.15) is 11.8 Å². The zero-order chi connectivity index (χ0) is 19.8. The number of carbonyl (C=O) groups excluding carboxylic acids is 2. The van der Waals surface area contributed by atoms with Gasteiger partial charge in [-0.15, -0.1) is 0 Å².